The number of benzene rings is 2. The smallest absolute Gasteiger partial charge is 0.300 e. The maximum Gasteiger partial charge on any atom is 0.300 e. The Labute approximate surface area is 164 Å². The van der Waals surface area contributed by atoms with E-state index < -0.39 is 5.97 Å². The van der Waals surface area contributed by atoms with Gasteiger partial charge in [0.2, 0.25) is 0 Å². The maximum absolute atomic E-state index is 11.3. The molecule has 0 amide bonds. The number of rotatable bonds is 0. The highest BCUT2D eigenvalue weighted by molar-refractivity contribution is 5.88. The van der Waals surface area contributed by atoms with Crippen molar-refractivity contribution in [1.29, 1.82) is 0 Å². The average molecular weight is 382 g/mol. The summed E-state index contributed by atoms with van der Waals surface area (Å²) in [7, 11) is 0. The van der Waals surface area contributed by atoms with Gasteiger partial charge in [-0.3, -0.25) is 9.59 Å². The van der Waals surface area contributed by atoms with Gasteiger partial charge in [0.1, 0.15) is 17.1 Å². The first kappa shape index (κ1) is 21.2. The predicted molar refractivity (Wildman–Crippen MR) is 111 cm³/mol. The van der Waals surface area contributed by atoms with E-state index in [0.29, 0.717) is 11.3 Å². The molecule has 0 aromatic heterocycles. The maximum atomic E-state index is 11.3. The van der Waals surface area contributed by atoms with Gasteiger partial charge in [0.05, 0.1) is 0 Å². The zero-order valence-corrected chi connectivity index (χ0v) is 16.4. The Bertz CT molecular complexity index is 996. The lowest BCUT2D eigenvalue weighted by atomic mass is 9.97. The summed E-state index contributed by atoms with van der Waals surface area (Å²) in [5.41, 5.74) is 2.46. The lowest BCUT2D eigenvalue weighted by molar-refractivity contribution is -0.134. The molecule has 5 nitrogen and oxygen atoms in total. The van der Waals surface area contributed by atoms with Crippen molar-refractivity contribution in [1.82, 2.24) is 0 Å². The lowest BCUT2D eigenvalue weighted by Gasteiger charge is -2.11. The second-order valence-corrected chi connectivity index (χ2v) is 6.97. The van der Waals surface area contributed by atoms with Gasteiger partial charge in [0, 0.05) is 30.0 Å². The van der Waals surface area contributed by atoms with Crippen LogP contribution >= 0.6 is 0 Å². The molecule has 1 atom stereocenters. The van der Waals surface area contributed by atoms with E-state index in [1.54, 1.807) is 18.2 Å². The molecule has 28 heavy (non-hydrogen) atoms. The van der Waals surface area contributed by atoms with Crippen LogP contribution in [0.1, 0.15) is 38.7 Å². The van der Waals surface area contributed by atoms with Gasteiger partial charge in [-0.25, -0.2) is 0 Å². The first-order valence-corrected chi connectivity index (χ1v) is 9.28. The van der Waals surface area contributed by atoms with Gasteiger partial charge >= 0.3 is 0 Å². The number of phenolic OH excluding ortho intramolecular Hbond substituents is 1. The molecule has 1 heterocycles. The SMILES string of the molecule is CC(=O)O.CC1CC=CCC1.Cc1c2ccc(=O)cc-2oc2cc(O)ccc12. The third-order valence-corrected chi connectivity index (χ3v) is 4.48. The Morgan fingerprint density at radius 3 is 2.43 bits per heavy atom. The normalized spacial score (nSPS) is 15.3. The van der Waals surface area contributed by atoms with Crippen molar-refractivity contribution in [3.05, 3.63) is 64.3 Å². The number of carboxylic acids is 1. The van der Waals surface area contributed by atoms with Crippen molar-refractivity contribution >= 4 is 16.9 Å². The molecule has 0 radical (unpaired) electrons. The molecule has 1 aromatic carbocycles. The number of carbonyl (C=O) groups is 1. The molecule has 5 heteroatoms. The van der Waals surface area contributed by atoms with Crippen molar-refractivity contribution in [2.24, 2.45) is 5.92 Å². The van der Waals surface area contributed by atoms with Crippen LogP contribution in [0.5, 0.6) is 5.75 Å². The fourth-order valence-electron chi connectivity index (χ4n) is 3.01. The number of carboxylic acid groups (broad SMARTS) is 1. The third kappa shape index (κ3) is 5.98. The summed E-state index contributed by atoms with van der Waals surface area (Å²) in [4.78, 5) is 20.3. The highest BCUT2D eigenvalue weighted by atomic mass is 16.4. The quantitative estimate of drug-likeness (QED) is 0.403. The highest BCUT2D eigenvalue weighted by Crippen LogP contribution is 2.33. The van der Waals surface area contributed by atoms with E-state index in [1.165, 1.54) is 31.4 Å². The average Bonchev–Trinajstić information content (AvgIpc) is 2.62. The van der Waals surface area contributed by atoms with Crippen molar-refractivity contribution in [3.8, 4) is 17.1 Å². The van der Waals surface area contributed by atoms with Crippen molar-refractivity contribution in [2.75, 3.05) is 0 Å². The molecule has 3 aliphatic rings. The topological polar surface area (TPSA) is 87.7 Å². The molecule has 1 aliphatic heterocycles. The second-order valence-electron chi connectivity index (χ2n) is 6.97. The Kier molecular flexibility index (Phi) is 7.38. The summed E-state index contributed by atoms with van der Waals surface area (Å²) < 4.78 is 5.63. The molecule has 0 spiro atoms. The molecule has 1 aromatic rings. The molecule has 0 saturated carbocycles. The number of aromatic hydroxyl groups is 1. The number of phenols is 1. The summed E-state index contributed by atoms with van der Waals surface area (Å²) in [5.74, 6) is 0.816. The molecule has 148 valence electrons. The molecular weight excluding hydrogens is 356 g/mol. The number of hydrogen-bond donors (Lipinski definition) is 2. The molecule has 4 rings (SSSR count). The standard InChI is InChI=1S/C14H10O3.C7H12.C2H4O2/c1-8-11-4-2-9(15)6-13(11)17-14-7-10(16)3-5-12(8)14;1-7-5-3-2-4-6-7;1-2(3)4/h2-7,15H,1H3;2-3,7H,4-6H2,1H3;1H3,(H,3,4). The van der Waals surface area contributed by atoms with Gasteiger partial charge in [-0.2, -0.15) is 0 Å². The van der Waals surface area contributed by atoms with E-state index >= 15 is 0 Å². The van der Waals surface area contributed by atoms with Gasteiger partial charge < -0.3 is 14.6 Å². The highest BCUT2D eigenvalue weighted by Gasteiger charge is 2.12. The van der Waals surface area contributed by atoms with E-state index in [1.807, 2.05) is 13.0 Å². The Morgan fingerprint density at radius 2 is 1.86 bits per heavy atom. The zero-order chi connectivity index (χ0) is 20.7. The summed E-state index contributed by atoms with van der Waals surface area (Å²) in [6.07, 6.45) is 8.58. The van der Waals surface area contributed by atoms with Crippen LogP contribution in [0.15, 0.2) is 57.8 Å². The zero-order valence-electron chi connectivity index (χ0n) is 16.4. The number of fused-ring (bicyclic) bond motifs is 2. The van der Waals surface area contributed by atoms with Gasteiger partial charge in [-0.15, -0.1) is 0 Å². The van der Waals surface area contributed by atoms with Gasteiger partial charge in [0.25, 0.3) is 5.97 Å². The molecule has 0 bridgehead atoms. The number of aliphatic carboxylic acids is 1. The van der Waals surface area contributed by atoms with Crippen LogP contribution in [-0.2, 0) is 4.79 Å². The molecule has 2 N–H and O–H groups in total. The van der Waals surface area contributed by atoms with E-state index in [9.17, 15) is 9.90 Å². The second kappa shape index (κ2) is 9.74. The van der Waals surface area contributed by atoms with Gasteiger partial charge in [-0.05, 0) is 61.9 Å². The molecule has 0 saturated heterocycles. The lowest BCUT2D eigenvalue weighted by Crippen LogP contribution is -1.99. The van der Waals surface area contributed by atoms with Crippen LogP contribution in [-0.4, -0.2) is 16.2 Å². The number of hydrogen-bond acceptors (Lipinski definition) is 4. The first-order valence-electron chi connectivity index (χ1n) is 9.28. The van der Waals surface area contributed by atoms with E-state index in [-0.39, 0.29) is 11.2 Å². The minimum Gasteiger partial charge on any atom is -0.508 e. The van der Waals surface area contributed by atoms with Crippen LogP contribution in [0, 0.1) is 12.8 Å². The van der Waals surface area contributed by atoms with Crippen LogP contribution in [0.4, 0.5) is 0 Å². The predicted octanol–water partition coefficient (Wildman–Crippen LogP) is 5.37. The Hall–Kier alpha value is -3.08. The summed E-state index contributed by atoms with van der Waals surface area (Å²) in [6.45, 7) is 5.37. The fraction of sp³-hybridized carbons (Fsp3) is 0.304. The largest absolute Gasteiger partial charge is 0.508 e. The van der Waals surface area contributed by atoms with Crippen LogP contribution in [0.3, 0.4) is 0 Å². The van der Waals surface area contributed by atoms with E-state index in [2.05, 4.69) is 19.1 Å². The first-order chi connectivity index (χ1) is 13.3. The van der Waals surface area contributed by atoms with E-state index in [0.717, 1.165) is 29.4 Å². The van der Waals surface area contributed by atoms with Crippen LogP contribution in [0.2, 0.25) is 0 Å². The molecule has 0 fully saturated rings. The summed E-state index contributed by atoms with van der Waals surface area (Å²) in [6, 6.07) is 9.75. The monoisotopic (exact) mass is 382 g/mol. The Morgan fingerprint density at radius 1 is 1.14 bits per heavy atom. The minimum atomic E-state index is -0.833. The van der Waals surface area contributed by atoms with Gasteiger partial charge in [-0.1, -0.05) is 19.1 Å². The van der Waals surface area contributed by atoms with Crippen molar-refractivity contribution in [3.63, 3.8) is 0 Å². The Balaban J connectivity index is 0.000000211. The number of aryl methyl sites for hydroxylation is 1. The molecule has 2 aliphatic carbocycles. The summed E-state index contributed by atoms with van der Waals surface area (Å²) >= 11 is 0. The van der Waals surface area contributed by atoms with Crippen molar-refractivity contribution < 1.29 is 19.4 Å². The molecular formula is C23H26O5. The summed E-state index contributed by atoms with van der Waals surface area (Å²) in [5, 5.41) is 17.8. The van der Waals surface area contributed by atoms with E-state index in [4.69, 9.17) is 14.3 Å². The van der Waals surface area contributed by atoms with Crippen molar-refractivity contribution in [2.45, 2.75) is 40.0 Å². The minimum absolute atomic E-state index is 0.0832. The third-order valence-electron chi connectivity index (χ3n) is 4.48. The number of allylic oxidation sites excluding steroid dienone is 2. The van der Waals surface area contributed by atoms with Gasteiger partial charge in [0.15, 0.2) is 5.43 Å². The van der Waals surface area contributed by atoms with Crippen LogP contribution in [0.25, 0.3) is 22.3 Å². The van der Waals surface area contributed by atoms with Crippen LogP contribution < -0.4 is 5.43 Å². The fourth-order valence-corrected chi connectivity index (χ4v) is 3.01. The molecule has 1 unspecified atom stereocenters.